The predicted molar refractivity (Wildman–Crippen MR) is 75.7 cm³/mol. The van der Waals surface area contributed by atoms with Crippen molar-refractivity contribution in [2.75, 3.05) is 5.73 Å². The first kappa shape index (κ1) is 12.1. The van der Waals surface area contributed by atoms with Crippen LogP contribution in [0.1, 0.15) is 0 Å². The zero-order valence-corrected chi connectivity index (χ0v) is 10.3. The van der Waals surface area contributed by atoms with Gasteiger partial charge in [0, 0.05) is 17.8 Å². The molecule has 0 aliphatic heterocycles. The summed E-state index contributed by atoms with van der Waals surface area (Å²) in [5, 5.41) is 19.2. The number of hydrogen-bond donors (Lipinski definition) is 3. The van der Waals surface area contributed by atoms with Crippen molar-refractivity contribution in [3.05, 3.63) is 52.9 Å². The van der Waals surface area contributed by atoms with Gasteiger partial charge in [0.15, 0.2) is 0 Å². The molecular weight excluding hydrogens is 258 g/mol. The van der Waals surface area contributed by atoms with Gasteiger partial charge in [-0.1, -0.05) is 12.1 Å². The molecule has 100 valence electrons. The standard InChI is InChI=1S/C15H11NO4/c16-9-3-1-2-8(4-9)11-7-20-13-6-10(17)5-12(18)14(13)15(11)19/h1-7,17-18H,16H2. The maximum atomic E-state index is 12.4. The van der Waals surface area contributed by atoms with Crippen molar-refractivity contribution in [2.45, 2.75) is 0 Å². The molecule has 4 N–H and O–H groups in total. The van der Waals surface area contributed by atoms with Crippen LogP contribution in [0.25, 0.3) is 22.1 Å². The van der Waals surface area contributed by atoms with E-state index in [1.54, 1.807) is 24.3 Å². The summed E-state index contributed by atoms with van der Waals surface area (Å²) in [4.78, 5) is 12.4. The fourth-order valence-corrected chi connectivity index (χ4v) is 2.12. The number of nitrogen functional groups attached to an aromatic ring is 1. The minimum Gasteiger partial charge on any atom is -0.508 e. The van der Waals surface area contributed by atoms with Gasteiger partial charge < -0.3 is 20.4 Å². The van der Waals surface area contributed by atoms with Crippen LogP contribution in [0.4, 0.5) is 5.69 Å². The van der Waals surface area contributed by atoms with E-state index in [2.05, 4.69) is 0 Å². The first-order valence-electron chi connectivity index (χ1n) is 5.89. The van der Waals surface area contributed by atoms with Crippen LogP contribution in [0.3, 0.4) is 0 Å². The third kappa shape index (κ3) is 1.85. The summed E-state index contributed by atoms with van der Waals surface area (Å²) in [7, 11) is 0. The lowest BCUT2D eigenvalue weighted by Gasteiger charge is -2.05. The average Bonchev–Trinajstić information content (AvgIpc) is 2.38. The highest BCUT2D eigenvalue weighted by Gasteiger charge is 2.13. The number of rotatable bonds is 1. The third-order valence-electron chi connectivity index (χ3n) is 3.04. The monoisotopic (exact) mass is 269 g/mol. The summed E-state index contributed by atoms with van der Waals surface area (Å²) in [5.41, 5.74) is 6.86. The molecule has 0 aliphatic carbocycles. The van der Waals surface area contributed by atoms with Gasteiger partial charge in [-0.2, -0.15) is 0 Å². The average molecular weight is 269 g/mol. The van der Waals surface area contributed by atoms with Gasteiger partial charge in [0.25, 0.3) is 0 Å². The van der Waals surface area contributed by atoms with E-state index in [0.717, 1.165) is 6.07 Å². The molecule has 0 bridgehead atoms. The fraction of sp³-hybridized carbons (Fsp3) is 0. The number of hydrogen-bond acceptors (Lipinski definition) is 5. The largest absolute Gasteiger partial charge is 0.508 e. The lowest BCUT2D eigenvalue weighted by atomic mass is 10.0. The number of anilines is 1. The summed E-state index contributed by atoms with van der Waals surface area (Å²) >= 11 is 0. The molecule has 0 amide bonds. The Bertz CT molecular complexity index is 867. The number of fused-ring (bicyclic) bond motifs is 1. The first-order valence-corrected chi connectivity index (χ1v) is 5.89. The zero-order chi connectivity index (χ0) is 14.3. The Hall–Kier alpha value is -2.95. The van der Waals surface area contributed by atoms with E-state index >= 15 is 0 Å². The molecule has 1 heterocycles. The minimum atomic E-state index is -0.380. The van der Waals surface area contributed by atoms with Crippen LogP contribution in [-0.2, 0) is 0 Å². The second-order valence-corrected chi connectivity index (χ2v) is 4.44. The quantitative estimate of drug-likeness (QED) is 0.589. The number of nitrogens with two attached hydrogens (primary N) is 1. The summed E-state index contributed by atoms with van der Waals surface area (Å²) in [6, 6.07) is 9.19. The van der Waals surface area contributed by atoms with Crippen LogP contribution < -0.4 is 11.2 Å². The van der Waals surface area contributed by atoms with E-state index in [9.17, 15) is 15.0 Å². The van der Waals surface area contributed by atoms with E-state index < -0.39 is 0 Å². The summed E-state index contributed by atoms with van der Waals surface area (Å²) < 4.78 is 5.32. The van der Waals surface area contributed by atoms with E-state index in [4.69, 9.17) is 10.2 Å². The Morgan fingerprint density at radius 2 is 1.90 bits per heavy atom. The topological polar surface area (TPSA) is 96.7 Å². The maximum Gasteiger partial charge on any atom is 0.204 e. The van der Waals surface area contributed by atoms with E-state index in [1.807, 2.05) is 0 Å². The van der Waals surface area contributed by atoms with E-state index in [1.165, 1.54) is 12.3 Å². The summed E-state index contributed by atoms with van der Waals surface area (Å²) in [6.45, 7) is 0. The molecule has 0 fully saturated rings. The van der Waals surface area contributed by atoms with Crippen LogP contribution in [0, 0.1) is 0 Å². The highest BCUT2D eigenvalue weighted by molar-refractivity contribution is 5.88. The molecule has 0 saturated heterocycles. The van der Waals surface area contributed by atoms with Crippen LogP contribution in [0.2, 0.25) is 0 Å². The van der Waals surface area contributed by atoms with Crippen molar-refractivity contribution in [3.63, 3.8) is 0 Å². The van der Waals surface area contributed by atoms with Gasteiger partial charge >= 0.3 is 0 Å². The second kappa shape index (κ2) is 4.31. The second-order valence-electron chi connectivity index (χ2n) is 4.44. The van der Waals surface area contributed by atoms with Gasteiger partial charge in [0.05, 0.1) is 5.56 Å². The molecule has 0 unspecified atom stereocenters. The first-order chi connectivity index (χ1) is 9.56. The molecular formula is C15H11NO4. The molecule has 3 aromatic rings. The Balaban J connectivity index is 2.35. The molecule has 3 rings (SSSR count). The Labute approximate surface area is 113 Å². The zero-order valence-electron chi connectivity index (χ0n) is 10.3. The molecule has 0 saturated carbocycles. The van der Waals surface area contributed by atoms with Crippen molar-refractivity contribution in [3.8, 4) is 22.6 Å². The molecule has 20 heavy (non-hydrogen) atoms. The van der Waals surface area contributed by atoms with Crippen LogP contribution in [0.15, 0.2) is 51.9 Å². The van der Waals surface area contributed by atoms with Gasteiger partial charge in [-0.3, -0.25) is 4.79 Å². The SMILES string of the molecule is Nc1cccc(-c2coc3cc(O)cc(O)c3c2=O)c1. The van der Waals surface area contributed by atoms with Crippen molar-refractivity contribution in [1.29, 1.82) is 0 Å². The van der Waals surface area contributed by atoms with Gasteiger partial charge in [-0.05, 0) is 17.7 Å². The van der Waals surface area contributed by atoms with E-state index in [-0.39, 0.29) is 27.9 Å². The van der Waals surface area contributed by atoms with Gasteiger partial charge in [-0.15, -0.1) is 0 Å². The van der Waals surface area contributed by atoms with Gasteiger partial charge in [-0.25, -0.2) is 0 Å². The number of phenolic OH excluding ortho intramolecular Hbond substituents is 2. The normalized spacial score (nSPS) is 10.8. The lowest BCUT2D eigenvalue weighted by molar-refractivity contribution is 0.452. The maximum absolute atomic E-state index is 12.4. The molecule has 0 aliphatic rings. The Kier molecular flexibility index (Phi) is 2.61. The highest BCUT2D eigenvalue weighted by atomic mass is 16.3. The number of phenols is 2. The Morgan fingerprint density at radius 3 is 2.65 bits per heavy atom. The summed E-state index contributed by atoms with van der Waals surface area (Å²) in [6.07, 6.45) is 1.29. The molecule has 2 aromatic carbocycles. The summed E-state index contributed by atoms with van der Waals surface area (Å²) in [5.74, 6) is -0.491. The smallest absolute Gasteiger partial charge is 0.204 e. The predicted octanol–water partition coefficient (Wildman–Crippen LogP) is 2.45. The molecule has 0 radical (unpaired) electrons. The van der Waals surface area contributed by atoms with Crippen LogP contribution >= 0.6 is 0 Å². The molecule has 0 atom stereocenters. The highest BCUT2D eigenvalue weighted by Crippen LogP contribution is 2.29. The van der Waals surface area contributed by atoms with Crippen molar-refractivity contribution in [1.82, 2.24) is 0 Å². The van der Waals surface area contributed by atoms with Gasteiger partial charge in [0.1, 0.15) is 28.7 Å². The molecule has 5 nitrogen and oxygen atoms in total. The number of benzene rings is 2. The van der Waals surface area contributed by atoms with Crippen molar-refractivity contribution in [2.24, 2.45) is 0 Å². The molecule has 5 heteroatoms. The van der Waals surface area contributed by atoms with Crippen molar-refractivity contribution < 1.29 is 14.6 Å². The van der Waals surface area contributed by atoms with Crippen LogP contribution in [-0.4, -0.2) is 10.2 Å². The van der Waals surface area contributed by atoms with Crippen molar-refractivity contribution >= 4 is 16.7 Å². The Morgan fingerprint density at radius 1 is 1.10 bits per heavy atom. The fourth-order valence-electron chi connectivity index (χ4n) is 2.12. The molecule has 0 spiro atoms. The van der Waals surface area contributed by atoms with Crippen LogP contribution in [0.5, 0.6) is 11.5 Å². The molecule has 1 aromatic heterocycles. The van der Waals surface area contributed by atoms with Gasteiger partial charge in [0.2, 0.25) is 5.43 Å². The third-order valence-corrected chi connectivity index (χ3v) is 3.04. The number of aromatic hydroxyl groups is 2. The van der Waals surface area contributed by atoms with E-state index in [0.29, 0.717) is 16.8 Å². The lowest BCUT2D eigenvalue weighted by Crippen LogP contribution is -2.05. The minimum absolute atomic E-state index is 0.0303.